The molecule has 0 bridgehead atoms. The van der Waals surface area contributed by atoms with E-state index in [1.165, 1.54) is 89.9 Å². The van der Waals surface area contributed by atoms with E-state index in [0.29, 0.717) is 6.61 Å². The Labute approximate surface area is 172 Å². The van der Waals surface area contributed by atoms with Crippen molar-refractivity contribution in [2.24, 2.45) is 0 Å². The molecule has 0 saturated carbocycles. The second kappa shape index (κ2) is 18.9. The Hall–Kier alpha value is -0.450. The van der Waals surface area contributed by atoms with E-state index in [-0.39, 0.29) is 6.10 Å². The largest absolute Gasteiger partial charge is 0.378 e. The number of hydrogen-bond acceptors (Lipinski definition) is 3. The molecule has 1 aromatic heterocycles. The Balaban J connectivity index is 1.77. The fourth-order valence-corrected chi connectivity index (χ4v) is 4.02. The van der Waals surface area contributed by atoms with Crippen LogP contribution in [0.5, 0.6) is 0 Å². The summed E-state index contributed by atoms with van der Waals surface area (Å²) in [6.45, 7) is 4.72. The summed E-state index contributed by atoms with van der Waals surface area (Å²) in [4.78, 5) is 0. The number of rotatable bonds is 20. The van der Waals surface area contributed by atoms with Gasteiger partial charge in [-0.1, -0.05) is 102 Å². The molecule has 1 heterocycles. The summed E-state index contributed by atoms with van der Waals surface area (Å²) in [5.74, 6) is 0. The predicted molar refractivity (Wildman–Crippen MR) is 116 cm³/mol. The topological polar surface area (TPSA) is 22.3 Å². The average Bonchev–Trinajstić information content (AvgIpc) is 3.19. The zero-order valence-electron chi connectivity index (χ0n) is 18.0. The van der Waals surface area contributed by atoms with E-state index in [2.05, 4.69) is 28.6 Å². The van der Waals surface area contributed by atoms with Gasteiger partial charge in [0.25, 0.3) is 0 Å². The summed E-state index contributed by atoms with van der Waals surface area (Å²) < 4.78 is 13.5. The minimum atomic E-state index is 0.149. The van der Waals surface area contributed by atoms with Crippen LogP contribution in [0.1, 0.15) is 96.8 Å². The highest BCUT2D eigenvalue weighted by Gasteiger charge is 2.13. The maximum absolute atomic E-state index is 5.81. The molecule has 0 aliphatic heterocycles. The minimum absolute atomic E-state index is 0.149. The summed E-state index contributed by atoms with van der Waals surface area (Å²) in [5.41, 5.74) is 2.11. The van der Waals surface area contributed by atoms with Gasteiger partial charge in [0.1, 0.15) is 6.10 Å². The summed E-state index contributed by atoms with van der Waals surface area (Å²) in [6, 6.07) is 0. The van der Waals surface area contributed by atoms with Crippen LogP contribution < -0.4 is 4.57 Å². The number of ether oxygens (including phenoxy) is 2. The number of unbranched alkanes of at least 4 members (excludes halogenated alkanes) is 13. The van der Waals surface area contributed by atoms with Crippen LogP contribution in [0.25, 0.3) is 0 Å². The Kier molecular flexibility index (Phi) is 17.2. The lowest BCUT2D eigenvalue weighted by Crippen LogP contribution is -2.40. The molecule has 0 amide bonds. The fourth-order valence-electron chi connectivity index (χ4n) is 3.41. The van der Waals surface area contributed by atoms with Gasteiger partial charge in [0.05, 0.1) is 12.0 Å². The number of hydrogen-bond donors (Lipinski definition) is 0. The molecule has 0 fully saturated rings. The Morgan fingerprint density at radius 3 is 1.85 bits per heavy atom. The first-order valence-corrected chi connectivity index (χ1v) is 12.3. The molecule has 3 nitrogen and oxygen atoms in total. The number of thiazole rings is 1. The van der Waals surface area contributed by atoms with Gasteiger partial charge in [-0.05, 0) is 6.42 Å². The molecule has 0 N–H and O–H groups in total. The van der Waals surface area contributed by atoms with E-state index in [1.54, 1.807) is 18.4 Å². The lowest BCUT2D eigenvalue weighted by molar-refractivity contribution is -0.699. The van der Waals surface area contributed by atoms with Crippen molar-refractivity contribution in [2.45, 2.75) is 109 Å². The van der Waals surface area contributed by atoms with Crippen LogP contribution >= 0.6 is 11.3 Å². The van der Waals surface area contributed by atoms with Gasteiger partial charge in [-0.2, -0.15) is 4.57 Å². The molecule has 158 valence electrons. The standard InChI is InChI=1S/C23H44NO2S/c1-3-4-5-6-7-8-9-10-11-12-13-14-15-16-18-26-21-23(25-2)20-24-17-19-27-22-24/h17,19,22-23H,3-16,18,20-21H2,1-2H3/q+1. The molecule has 1 atom stereocenters. The molecule has 4 heteroatoms. The van der Waals surface area contributed by atoms with Gasteiger partial charge >= 0.3 is 0 Å². The Morgan fingerprint density at radius 1 is 0.815 bits per heavy atom. The second-order valence-corrected chi connectivity index (χ2v) is 8.51. The first-order valence-electron chi connectivity index (χ1n) is 11.4. The summed E-state index contributed by atoms with van der Waals surface area (Å²) in [6.07, 6.45) is 21.8. The van der Waals surface area contributed by atoms with Crippen LogP contribution in [0.4, 0.5) is 0 Å². The fraction of sp³-hybridized carbons (Fsp3) is 0.870. The second-order valence-electron chi connectivity index (χ2n) is 7.75. The molecule has 1 aromatic rings. The third-order valence-corrected chi connectivity index (χ3v) is 5.89. The minimum Gasteiger partial charge on any atom is -0.378 e. The van der Waals surface area contributed by atoms with E-state index in [9.17, 15) is 0 Å². The normalized spacial score (nSPS) is 12.5. The van der Waals surface area contributed by atoms with Gasteiger partial charge in [-0.15, -0.1) is 0 Å². The van der Waals surface area contributed by atoms with Crippen molar-refractivity contribution in [1.82, 2.24) is 0 Å². The molecule has 1 rings (SSSR count). The van der Waals surface area contributed by atoms with Crippen molar-refractivity contribution >= 4 is 11.3 Å². The third kappa shape index (κ3) is 15.2. The molecule has 0 spiro atoms. The summed E-state index contributed by atoms with van der Waals surface area (Å²) >= 11 is 1.71. The van der Waals surface area contributed by atoms with E-state index < -0.39 is 0 Å². The van der Waals surface area contributed by atoms with Crippen LogP contribution in [0.2, 0.25) is 0 Å². The SMILES string of the molecule is CCCCCCCCCCCCCCCCOCC(C[n+]1ccsc1)OC. The highest BCUT2D eigenvalue weighted by Crippen LogP contribution is 2.13. The van der Waals surface area contributed by atoms with Gasteiger partial charge in [0, 0.05) is 13.7 Å². The number of aromatic nitrogens is 1. The van der Waals surface area contributed by atoms with Crippen LogP contribution in [0.3, 0.4) is 0 Å². The van der Waals surface area contributed by atoms with Crippen LogP contribution in [0, 0.1) is 0 Å². The quantitative estimate of drug-likeness (QED) is 0.183. The first kappa shape index (κ1) is 24.6. The molecule has 1 unspecified atom stereocenters. The molecule has 27 heavy (non-hydrogen) atoms. The van der Waals surface area contributed by atoms with E-state index in [1.807, 2.05) is 0 Å². The van der Waals surface area contributed by atoms with Crippen molar-refractivity contribution in [1.29, 1.82) is 0 Å². The number of methoxy groups -OCH3 is 1. The zero-order valence-corrected chi connectivity index (χ0v) is 18.8. The Bertz CT molecular complexity index is 397. The monoisotopic (exact) mass is 398 g/mol. The summed E-state index contributed by atoms with van der Waals surface area (Å²) in [5, 5.41) is 2.09. The third-order valence-electron chi connectivity index (χ3n) is 5.22. The molecular weight excluding hydrogens is 354 g/mol. The smallest absolute Gasteiger partial charge is 0.224 e. The first-order chi connectivity index (χ1) is 13.4. The van der Waals surface area contributed by atoms with Gasteiger partial charge in [0.15, 0.2) is 12.7 Å². The van der Waals surface area contributed by atoms with Crippen molar-refractivity contribution in [3.05, 3.63) is 17.1 Å². The average molecular weight is 399 g/mol. The van der Waals surface area contributed by atoms with Crippen LogP contribution in [-0.4, -0.2) is 26.4 Å². The van der Waals surface area contributed by atoms with Crippen molar-refractivity contribution < 1.29 is 14.0 Å². The maximum Gasteiger partial charge on any atom is 0.224 e. The van der Waals surface area contributed by atoms with E-state index in [0.717, 1.165) is 13.2 Å². The summed E-state index contributed by atoms with van der Waals surface area (Å²) in [7, 11) is 1.77. The van der Waals surface area contributed by atoms with Crippen molar-refractivity contribution in [2.75, 3.05) is 20.3 Å². The number of nitrogens with zero attached hydrogens (tertiary/aromatic N) is 1. The molecule has 0 radical (unpaired) electrons. The highest BCUT2D eigenvalue weighted by atomic mass is 32.1. The lowest BCUT2D eigenvalue weighted by Gasteiger charge is -2.12. The van der Waals surface area contributed by atoms with Gasteiger partial charge in [-0.3, -0.25) is 0 Å². The van der Waals surface area contributed by atoms with Crippen molar-refractivity contribution in [3.8, 4) is 0 Å². The van der Waals surface area contributed by atoms with Gasteiger partial charge < -0.3 is 9.47 Å². The molecule has 0 aromatic carbocycles. The predicted octanol–water partition coefficient (Wildman–Crippen LogP) is 6.55. The van der Waals surface area contributed by atoms with Crippen LogP contribution in [-0.2, 0) is 16.0 Å². The van der Waals surface area contributed by atoms with E-state index >= 15 is 0 Å². The lowest BCUT2D eigenvalue weighted by atomic mass is 10.0. The Morgan fingerprint density at radius 2 is 1.37 bits per heavy atom. The zero-order chi connectivity index (χ0) is 19.4. The maximum atomic E-state index is 5.81. The van der Waals surface area contributed by atoms with Gasteiger partial charge in [-0.25, -0.2) is 0 Å². The highest BCUT2D eigenvalue weighted by molar-refractivity contribution is 7.07. The van der Waals surface area contributed by atoms with Crippen molar-refractivity contribution in [3.63, 3.8) is 0 Å². The molecule has 0 aliphatic carbocycles. The molecular formula is C23H44NO2S+. The van der Waals surface area contributed by atoms with Gasteiger partial charge in [0.2, 0.25) is 5.51 Å². The molecule has 0 saturated heterocycles. The van der Waals surface area contributed by atoms with Crippen LogP contribution in [0.15, 0.2) is 17.1 Å². The van der Waals surface area contributed by atoms with E-state index in [4.69, 9.17) is 9.47 Å². The molecule has 0 aliphatic rings.